The molecule has 32 heavy (non-hydrogen) atoms. The lowest BCUT2D eigenvalue weighted by Gasteiger charge is -2.38. The van der Waals surface area contributed by atoms with Crippen molar-refractivity contribution >= 4 is 23.1 Å². The first-order valence-corrected chi connectivity index (χ1v) is 11.4. The molecule has 1 amide bonds. The minimum atomic E-state index is -0.488. The zero-order chi connectivity index (χ0) is 22.9. The van der Waals surface area contributed by atoms with Crippen molar-refractivity contribution in [1.29, 1.82) is 0 Å². The summed E-state index contributed by atoms with van der Waals surface area (Å²) >= 11 is 0. The number of benzene rings is 2. The maximum absolute atomic E-state index is 12.7. The van der Waals surface area contributed by atoms with E-state index in [4.69, 9.17) is 9.72 Å². The molecule has 0 N–H and O–H groups in total. The van der Waals surface area contributed by atoms with Gasteiger partial charge in [0, 0.05) is 26.2 Å². The molecule has 2 aromatic carbocycles. The third kappa shape index (κ3) is 4.90. The highest BCUT2D eigenvalue weighted by Crippen LogP contribution is 2.27. The Hall–Kier alpha value is -3.02. The summed E-state index contributed by atoms with van der Waals surface area (Å²) in [4.78, 5) is 21.7. The number of ether oxygens (including phenoxy) is 1. The van der Waals surface area contributed by atoms with Gasteiger partial charge in [-0.05, 0) is 58.2 Å². The van der Waals surface area contributed by atoms with Crippen LogP contribution in [0, 0.1) is 6.92 Å². The fraction of sp³-hybridized carbons (Fsp3) is 0.462. The van der Waals surface area contributed by atoms with Crippen molar-refractivity contribution in [3.8, 4) is 0 Å². The number of fused-ring (bicyclic) bond motifs is 1. The topological polar surface area (TPSA) is 50.6 Å². The first-order valence-electron chi connectivity index (χ1n) is 11.4. The number of anilines is 1. The molecule has 3 aromatic rings. The molecule has 2 heterocycles. The first-order chi connectivity index (χ1) is 15.2. The smallest absolute Gasteiger partial charge is 0.410 e. The Morgan fingerprint density at radius 2 is 1.88 bits per heavy atom. The molecule has 0 radical (unpaired) electrons. The number of likely N-dealkylation sites (tertiary alicyclic amines) is 1. The van der Waals surface area contributed by atoms with Gasteiger partial charge >= 0.3 is 6.09 Å². The fourth-order valence-electron chi connectivity index (χ4n) is 4.29. The van der Waals surface area contributed by atoms with E-state index in [9.17, 15) is 4.79 Å². The second-order valence-electron chi connectivity index (χ2n) is 9.81. The fourth-order valence-corrected chi connectivity index (χ4v) is 4.29. The van der Waals surface area contributed by atoms with Gasteiger partial charge < -0.3 is 19.1 Å². The number of hydrogen-bond acceptors (Lipinski definition) is 4. The quantitative estimate of drug-likeness (QED) is 0.564. The summed E-state index contributed by atoms with van der Waals surface area (Å²) in [6.07, 6.45) is 1.74. The van der Waals surface area contributed by atoms with Crippen LogP contribution in [-0.4, -0.2) is 52.3 Å². The molecule has 170 valence electrons. The molecule has 6 heteroatoms. The molecule has 0 aliphatic carbocycles. The zero-order valence-corrected chi connectivity index (χ0v) is 19.8. The first kappa shape index (κ1) is 22.2. The summed E-state index contributed by atoms with van der Waals surface area (Å²) < 4.78 is 7.90. The van der Waals surface area contributed by atoms with Crippen LogP contribution in [0.3, 0.4) is 0 Å². The number of aryl methyl sites for hydroxylation is 1. The maximum Gasteiger partial charge on any atom is 0.410 e. The average molecular weight is 435 g/mol. The number of amides is 1. The molecule has 0 saturated carbocycles. The van der Waals surface area contributed by atoms with Gasteiger partial charge in [0.2, 0.25) is 5.95 Å². The number of imidazole rings is 1. The van der Waals surface area contributed by atoms with Crippen molar-refractivity contribution in [1.82, 2.24) is 14.5 Å². The number of hydrogen-bond donors (Lipinski definition) is 0. The normalized spacial score (nSPS) is 16.9. The second-order valence-corrected chi connectivity index (χ2v) is 9.81. The lowest BCUT2D eigenvalue weighted by Crippen LogP contribution is -2.50. The summed E-state index contributed by atoms with van der Waals surface area (Å²) in [6, 6.07) is 17.1. The summed E-state index contributed by atoms with van der Waals surface area (Å²) in [5.74, 6) is 0.933. The van der Waals surface area contributed by atoms with Gasteiger partial charge in [-0.3, -0.25) is 0 Å². The molecule has 0 bridgehead atoms. The van der Waals surface area contributed by atoms with E-state index in [1.54, 1.807) is 0 Å². The van der Waals surface area contributed by atoms with Gasteiger partial charge in [0.25, 0.3) is 0 Å². The molecule has 1 aliphatic rings. The van der Waals surface area contributed by atoms with Crippen molar-refractivity contribution in [3.05, 3.63) is 59.7 Å². The summed E-state index contributed by atoms with van der Waals surface area (Å²) in [5, 5.41) is 0. The van der Waals surface area contributed by atoms with E-state index in [0.29, 0.717) is 6.54 Å². The third-order valence-corrected chi connectivity index (χ3v) is 6.01. The number of carbonyl (C=O) groups is 1. The van der Waals surface area contributed by atoms with Crippen LogP contribution in [0.4, 0.5) is 10.7 Å². The lowest BCUT2D eigenvalue weighted by molar-refractivity contribution is 0.0199. The zero-order valence-electron chi connectivity index (χ0n) is 19.8. The monoisotopic (exact) mass is 434 g/mol. The van der Waals surface area contributed by atoms with Gasteiger partial charge in [0.1, 0.15) is 5.60 Å². The molecular weight excluding hydrogens is 400 g/mol. The van der Waals surface area contributed by atoms with Crippen LogP contribution in [0.15, 0.2) is 48.5 Å². The van der Waals surface area contributed by atoms with Gasteiger partial charge in [-0.2, -0.15) is 0 Å². The molecule has 1 atom stereocenters. The Balaban J connectivity index is 1.61. The Bertz CT molecular complexity index is 1080. The number of nitrogens with zero attached hydrogens (tertiary/aromatic N) is 4. The molecule has 0 spiro atoms. The largest absolute Gasteiger partial charge is 0.444 e. The SMILES string of the molecule is Cc1ccc(Cn2c(N(C)[C@@H]3CCCN(C(=O)OC(C)(C)C)C3)nc3ccccc32)cc1. The maximum atomic E-state index is 12.7. The van der Waals surface area contributed by atoms with E-state index < -0.39 is 5.60 Å². The Morgan fingerprint density at radius 1 is 1.16 bits per heavy atom. The standard InChI is InChI=1S/C26H34N4O2/c1-19-12-14-20(15-13-19)17-30-23-11-7-6-10-22(23)27-24(30)28(5)21-9-8-16-29(18-21)25(31)32-26(2,3)4/h6-7,10-15,21H,8-9,16-18H2,1-5H3/t21-/m1/s1. The number of rotatable bonds is 4. The Labute approximate surface area is 190 Å². The van der Waals surface area contributed by atoms with Crippen molar-refractivity contribution in [2.24, 2.45) is 0 Å². The minimum absolute atomic E-state index is 0.185. The van der Waals surface area contributed by atoms with Crippen molar-refractivity contribution in [2.45, 2.75) is 58.7 Å². The van der Waals surface area contributed by atoms with Crippen LogP contribution >= 0.6 is 0 Å². The van der Waals surface area contributed by atoms with Gasteiger partial charge in [0.15, 0.2) is 0 Å². The number of piperidine rings is 1. The average Bonchev–Trinajstić information content (AvgIpc) is 3.12. The molecule has 6 nitrogen and oxygen atoms in total. The number of carbonyl (C=O) groups excluding carboxylic acids is 1. The van der Waals surface area contributed by atoms with Crippen LogP contribution in [0.1, 0.15) is 44.7 Å². The van der Waals surface area contributed by atoms with Crippen molar-refractivity contribution < 1.29 is 9.53 Å². The van der Waals surface area contributed by atoms with Crippen molar-refractivity contribution in [3.63, 3.8) is 0 Å². The predicted molar refractivity (Wildman–Crippen MR) is 129 cm³/mol. The Kier molecular flexibility index (Phi) is 6.13. The van der Waals surface area contributed by atoms with Gasteiger partial charge in [-0.15, -0.1) is 0 Å². The van der Waals surface area contributed by atoms with Gasteiger partial charge in [0.05, 0.1) is 17.6 Å². The van der Waals surface area contributed by atoms with E-state index >= 15 is 0 Å². The van der Waals surface area contributed by atoms with Crippen molar-refractivity contribution in [2.75, 3.05) is 25.0 Å². The second kappa shape index (κ2) is 8.85. The third-order valence-electron chi connectivity index (χ3n) is 6.01. The van der Waals surface area contributed by atoms with E-state index in [1.807, 2.05) is 31.7 Å². The molecule has 1 fully saturated rings. The molecular formula is C26H34N4O2. The van der Waals surface area contributed by atoms with Crippen LogP contribution < -0.4 is 4.90 Å². The molecule has 1 aliphatic heterocycles. The number of para-hydroxylation sites is 2. The number of aromatic nitrogens is 2. The minimum Gasteiger partial charge on any atom is -0.444 e. The van der Waals surface area contributed by atoms with Crippen LogP contribution in [0.25, 0.3) is 11.0 Å². The van der Waals surface area contributed by atoms with E-state index in [2.05, 4.69) is 65.9 Å². The van der Waals surface area contributed by atoms with E-state index in [-0.39, 0.29) is 12.1 Å². The summed E-state index contributed by atoms with van der Waals surface area (Å²) in [6.45, 7) is 9.96. The molecule has 1 saturated heterocycles. The predicted octanol–water partition coefficient (Wildman–Crippen LogP) is 5.23. The summed E-state index contributed by atoms with van der Waals surface area (Å²) in [7, 11) is 2.09. The van der Waals surface area contributed by atoms with E-state index in [1.165, 1.54) is 11.1 Å². The number of likely N-dealkylation sites (N-methyl/N-ethyl adjacent to an activating group) is 1. The van der Waals surface area contributed by atoms with Crippen LogP contribution in [0.5, 0.6) is 0 Å². The molecule has 1 aromatic heterocycles. The highest BCUT2D eigenvalue weighted by molar-refractivity contribution is 5.79. The van der Waals surface area contributed by atoms with E-state index in [0.717, 1.165) is 42.9 Å². The van der Waals surface area contributed by atoms with Gasteiger partial charge in [-0.25, -0.2) is 9.78 Å². The molecule has 0 unspecified atom stereocenters. The van der Waals surface area contributed by atoms with Gasteiger partial charge in [-0.1, -0.05) is 42.0 Å². The highest BCUT2D eigenvalue weighted by atomic mass is 16.6. The Morgan fingerprint density at radius 3 is 2.59 bits per heavy atom. The lowest BCUT2D eigenvalue weighted by atomic mass is 10.1. The van der Waals surface area contributed by atoms with Crippen LogP contribution in [-0.2, 0) is 11.3 Å². The molecule has 4 rings (SSSR count). The highest BCUT2D eigenvalue weighted by Gasteiger charge is 2.31. The summed E-state index contributed by atoms with van der Waals surface area (Å²) in [5.41, 5.74) is 4.12. The van der Waals surface area contributed by atoms with Crippen LogP contribution in [0.2, 0.25) is 0 Å².